The number of nitrogens with one attached hydrogen (secondary N) is 1. The van der Waals surface area contributed by atoms with E-state index in [4.69, 9.17) is 5.26 Å². The minimum absolute atomic E-state index is 0.0849. The summed E-state index contributed by atoms with van der Waals surface area (Å²) in [5, 5.41) is 14.3. The molecule has 0 spiro atoms. The van der Waals surface area contributed by atoms with Gasteiger partial charge in [0.25, 0.3) is 0 Å². The van der Waals surface area contributed by atoms with Crippen LogP contribution in [0.5, 0.6) is 0 Å². The molecule has 1 saturated heterocycles. The van der Waals surface area contributed by atoms with E-state index in [1.54, 1.807) is 29.9 Å². The van der Waals surface area contributed by atoms with Crippen LogP contribution in [0.15, 0.2) is 29.9 Å². The minimum Gasteiger partial charge on any atom is -0.338 e. The maximum atomic E-state index is 12.4. The number of piperazine rings is 1. The quantitative estimate of drug-likeness (QED) is 0.907. The third-order valence-electron chi connectivity index (χ3n) is 4.10. The molecular weight excluding hydrogens is 324 g/mol. The van der Waals surface area contributed by atoms with Gasteiger partial charge < -0.3 is 10.2 Å². The number of hydrogen-bond donors (Lipinski definition) is 1. The SMILES string of the molecule is C[C@@H](C(=O)Nc1sccc1C#N)N1CCN(c2ncccn2)CC1. The van der Waals surface area contributed by atoms with E-state index in [0.717, 1.165) is 32.1 Å². The lowest BCUT2D eigenvalue weighted by atomic mass is 10.2. The number of carbonyl (C=O) groups excluding carboxylic acids is 1. The highest BCUT2D eigenvalue weighted by Crippen LogP contribution is 2.23. The Balaban J connectivity index is 1.56. The van der Waals surface area contributed by atoms with Crippen molar-refractivity contribution in [3.63, 3.8) is 0 Å². The Kier molecular flexibility index (Phi) is 5.03. The van der Waals surface area contributed by atoms with Crippen molar-refractivity contribution < 1.29 is 4.79 Å². The van der Waals surface area contributed by atoms with E-state index < -0.39 is 0 Å². The Bertz CT molecular complexity index is 733. The van der Waals surface area contributed by atoms with Crippen LogP contribution in [0.1, 0.15) is 12.5 Å². The number of rotatable bonds is 4. The van der Waals surface area contributed by atoms with E-state index in [9.17, 15) is 4.79 Å². The number of nitrogens with zero attached hydrogens (tertiary/aromatic N) is 5. The molecule has 1 N–H and O–H groups in total. The summed E-state index contributed by atoms with van der Waals surface area (Å²) in [5.74, 6) is 0.643. The lowest BCUT2D eigenvalue weighted by Crippen LogP contribution is -2.53. The van der Waals surface area contributed by atoms with Crippen LogP contribution in [-0.4, -0.2) is 53.0 Å². The van der Waals surface area contributed by atoms with Crippen molar-refractivity contribution >= 4 is 28.2 Å². The van der Waals surface area contributed by atoms with Crippen LogP contribution in [-0.2, 0) is 4.79 Å². The van der Waals surface area contributed by atoms with Gasteiger partial charge in [-0.3, -0.25) is 9.69 Å². The summed E-state index contributed by atoms with van der Waals surface area (Å²) >= 11 is 1.37. The lowest BCUT2D eigenvalue weighted by Gasteiger charge is -2.37. The zero-order valence-electron chi connectivity index (χ0n) is 13.3. The normalized spacial score (nSPS) is 16.4. The van der Waals surface area contributed by atoms with Crippen LogP contribution in [0.2, 0.25) is 0 Å². The second-order valence-electron chi connectivity index (χ2n) is 5.51. The molecule has 124 valence electrons. The van der Waals surface area contributed by atoms with Gasteiger partial charge >= 0.3 is 0 Å². The van der Waals surface area contributed by atoms with Crippen LogP contribution < -0.4 is 10.2 Å². The molecule has 3 heterocycles. The van der Waals surface area contributed by atoms with Gasteiger partial charge in [0.05, 0.1) is 11.6 Å². The maximum Gasteiger partial charge on any atom is 0.242 e. The highest BCUT2D eigenvalue weighted by molar-refractivity contribution is 7.14. The smallest absolute Gasteiger partial charge is 0.242 e. The fourth-order valence-electron chi connectivity index (χ4n) is 2.64. The summed E-state index contributed by atoms with van der Waals surface area (Å²) in [6.07, 6.45) is 3.47. The van der Waals surface area contributed by atoms with Crippen LogP contribution >= 0.6 is 11.3 Å². The molecule has 0 unspecified atom stereocenters. The molecule has 0 bridgehead atoms. The van der Waals surface area contributed by atoms with E-state index in [1.807, 2.05) is 6.92 Å². The molecule has 1 amide bonds. The molecule has 0 saturated carbocycles. The Morgan fingerprint density at radius 2 is 2.04 bits per heavy atom. The molecule has 0 radical (unpaired) electrons. The average molecular weight is 342 g/mol. The molecule has 2 aromatic heterocycles. The highest BCUT2D eigenvalue weighted by Gasteiger charge is 2.27. The van der Waals surface area contributed by atoms with Crippen LogP contribution in [0, 0.1) is 11.3 Å². The lowest BCUT2D eigenvalue weighted by molar-refractivity contribution is -0.120. The molecule has 1 aliphatic heterocycles. The summed E-state index contributed by atoms with van der Waals surface area (Å²) in [7, 11) is 0. The number of anilines is 2. The van der Waals surface area contributed by atoms with Crippen LogP contribution in [0.25, 0.3) is 0 Å². The highest BCUT2D eigenvalue weighted by atomic mass is 32.1. The van der Waals surface area contributed by atoms with E-state index in [1.165, 1.54) is 11.3 Å². The molecule has 0 aromatic carbocycles. The third-order valence-corrected chi connectivity index (χ3v) is 4.93. The van der Waals surface area contributed by atoms with Gasteiger partial charge in [0, 0.05) is 38.6 Å². The van der Waals surface area contributed by atoms with Gasteiger partial charge in [-0.05, 0) is 24.4 Å². The molecule has 2 aromatic rings. The van der Waals surface area contributed by atoms with E-state index >= 15 is 0 Å². The molecule has 7 nitrogen and oxygen atoms in total. The summed E-state index contributed by atoms with van der Waals surface area (Å²) in [4.78, 5) is 25.2. The molecule has 24 heavy (non-hydrogen) atoms. The van der Waals surface area contributed by atoms with Crippen molar-refractivity contribution in [1.82, 2.24) is 14.9 Å². The van der Waals surface area contributed by atoms with Gasteiger partial charge in [0.1, 0.15) is 11.1 Å². The van der Waals surface area contributed by atoms with Crippen molar-refractivity contribution in [2.75, 3.05) is 36.4 Å². The Morgan fingerprint density at radius 1 is 1.33 bits per heavy atom. The fraction of sp³-hybridized carbons (Fsp3) is 0.375. The number of carbonyl (C=O) groups is 1. The van der Waals surface area contributed by atoms with Gasteiger partial charge in [-0.1, -0.05) is 0 Å². The van der Waals surface area contributed by atoms with Crippen LogP contribution in [0.4, 0.5) is 10.9 Å². The van der Waals surface area contributed by atoms with Gasteiger partial charge in [-0.15, -0.1) is 11.3 Å². The van der Waals surface area contributed by atoms with Crippen LogP contribution in [0.3, 0.4) is 0 Å². The second-order valence-corrected chi connectivity index (χ2v) is 6.43. The summed E-state index contributed by atoms with van der Waals surface area (Å²) in [6, 6.07) is 5.34. The van der Waals surface area contributed by atoms with E-state index in [2.05, 4.69) is 31.2 Å². The second kappa shape index (κ2) is 7.38. The zero-order valence-corrected chi connectivity index (χ0v) is 14.2. The predicted molar refractivity (Wildman–Crippen MR) is 92.9 cm³/mol. The molecule has 8 heteroatoms. The number of hydrogen-bond acceptors (Lipinski definition) is 7. The largest absolute Gasteiger partial charge is 0.338 e. The zero-order chi connectivity index (χ0) is 16.9. The monoisotopic (exact) mass is 342 g/mol. The summed E-state index contributed by atoms with van der Waals surface area (Å²) < 4.78 is 0. The molecule has 1 aliphatic rings. The van der Waals surface area contributed by atoms with Gasteiger partial charge in [0.15, 0.2) is 0 Å². The number of thiophene rings is 1. The Hall–Kier alpha value is -2.50. The summed E-state index contributed by atoms with van der Waals surface area (Å²) in [5.41, 5.74) is 0.506. The summed E-state index contributed by atoms with van der Waals surface area (Å²) in [6.45, 7) is 4.99. The topological polar surface area (TPSA) is 85.2 Å². The standard InChI is InChI=1S/C16H18N6OS/c1-12(14(23)20-15-13(11-17)3-10-24-15)21-6-8-22(9-7-21)16-18-4-2-5-19-16/h2-5,10,12H,6-9H2,1H3,(H,20,23)/t12-/m0/s1. The first-order valence-corrected chi connectivity index (χ1v) is 8.61. The molecule has 1 atom stereocenters. The molecule has 3 rings (SSSR count). The third kappa shape index (κ3) is 3.53. The van der Waals surface area contributed by atoms with Crippen molar-refractivity contribution in [3.05, 3.63) is 35.5 Å². The Labute approximate surface area is 144 Å². The van der Waals surface area contributed by atoms with Crippen molar-refractivity contribution in [1.29, 1.82) is 5.26 Å². The fourth-order valence-corrected chi connectivity index (χ4v) is 3.38. The van der Waals surface area contributed by atoms with Crippen molar-refractivity contribution in [3.8, 4) is 6.07 Å². The van der Waals surface area contributed by atoms with E-state index in [-0.39, 0.29) is 11.9 Å². The Morgan fingerprint density at radius 3 is 2.71 bits per heavy atom. The number of aromatic nitrogens is 2. The first-order valence-electron chi connectivity index (χ1n) is 7.73. The maximum absolute atomic E-state index is 12.4. The van der Waals surface area contributed by atoms with Gasteiger partial charge in [-0.25, -0.2) is 9.97 Å². The molecular formula is C16H18N6OS. The number of amides is 1. The molecule has 0 aliphatic carbocycles. The van der Waals surface area contributed by atoms with Gasteiger partial charge in [-0.2, -0.15) is 5.26 Å². The first-order chi connectivity index (χ1) is 11.7. The van der Waals surface area contributed by atoms with E-state index in [0.29, 0.717) is 10.6 Å². The van der Waals surface area contributed by atoms with Gasteiger partial charge in [0.2, 0.25) is 11.9 Å². The minimum atomic E-state index is -0.252. The van der Waals surface area contributed by atoms with Crippen molar-refractivity contribution in [2.45, 2.75) is 13.0 Å². The molecule has 1 fully saturated rings. The van der Waals surface area contributed by atoms with Crippen molar-refractivity contribution in [2.24, 2.45) is 0 Å². The average Bonchev–Trinajstić information content (AvgIpc) is 3.09. The predicted octanol–water partition coefficient (Wildman–Crippen LogP) is 1.56. The number of nitriles is 1. The first kappa shape index (κ1) is 16.4.